The Hall–Kier alpha value is -0.390. The fourth-order valence-corrected chi connectivity index (χ4v) is 2.66. The average Bonchev–Trinajstić information content (AvgIpc) is 2.41. The summed E-state index contributed by atoms with van der Waals surface area (Å²) in [5.41, 5.74) is 1.00. The summed E-state index contributed by atoms with van der Waals surface area (Å²) in [6.07, 6.45) is 2.24. The van der Waals surface area contributed by atoms with Gasteiger partial charge in [0.2, 0.25) is 0 Å². The van der Waals surface area contributed by atoms with Crippen LogP contribution in [0.3, 0.4) is 0 Å². The molecule has 4 nitrogen and oxygen atoms in total. The first kappa shape index (κ1) is 15.0. The Kier molecular flexibility index (Phi) is 5.85. The first-order valence-electron chi connectivity index (χ1n) is 6.45. The van der Waals surface area contributed by atoms with Crippen molar-refractivity contribution in [3.63, 3.8) is 0 Å². The summed E-state index contributed by atoms with van der Waals surface area (Å²) in [6, 6.07) is 3.69. The van der Waals surface area contributed by atoms with Crippen molar-refractivity contribution in [3.05, 3.63) is 28.0 Å². The fourth-order valence-electron chi connectivity index (χ4n) is 2.25. The molecule has 0 radical (unpaired) electrons. The Bertz CT molecular complexity index is 410. The van der Waals surface area contributed by atoms with E-state index in [-0.39, 0.29) is 12.7 Å². The molecule has 1 saturated heterocycles. The van der Waals surface area contributed by atoms with Crippen molar-refractivity contribution in [2.45, 2.75) is 25.5 Å². The minimum absolute atomic E-state index is 0.0895. The van der Waals surface area contributed by atoms with Gasteiger partial charge in [-0.25, -0.2) is 4.98 Å². The highest BCUT2D eigenvalue weighted by molar-refractivity contribution is 6.32. The van der Waals surface area contributed by atoms with Crippen LogP contribution >= 0.6 is 23.2 Å². The summed E-state index contributed by atoms with van der Waals surface area (Å²) in [5, 5.41) is 9.63. The predicted molar refractivity (Wildman–Crippen MR) is 75.6 cm³/mol. The minimum atomic E-state index is 0.0895. The molecule has 0 aromatic carbocycles. The van der Waals surface area contributed by atoms with Crippen LogP contribution in [-0.4, -0.2) is 47.4 Å². The number of rotatable bonds is 5. The maximum atomic E-state index is 8.73. The van der Waals surface area contributed by atoms with E-state index < -0.39 is 0 Å². The zero-order valence-electron chi connectivity index (χ0n) is 10.7. The molecule has 0 aliphatic carbocycles. The molecule has 0 atom stereocenters. The second-order valence-electron chi connectivity index (χ2n) is 4.65. The van der Waals surface area contributed by atoms with Gasteiger partial charge in [-0.05, 0) is 18.9 Å². The first-order chi connectivity index (χ1) is 9.19. The molecule has 0 amide bonds. The van der Waals surface area contributed by atoms with Crippen molar-refractivity contribution in [2.24, 2.45) is 0 Å². The average molecular weight is 305 g/mol. The summed E-state index contributed by atoms with van der Waals surface area (Å²) in [6.45, 7) is 3.24. The van der Waals surface area contributed by atoms with Crippen LogP contribution in [0.4, 0.5) is 0 Å². The highest BCUT2D eigenvalue weighted by atomic mass is 35.5. The summed E-state index contributed by atoms with van der Waals surface area (Å²) in [5.74, 6) is 0. The van der Waals surface area contributed by atoms with E-state index in [0.717, 1.165) is 38.0 Å². The third kappa shape index (κ3) is 4.58. The monoisotopic (exact) mass is 304 g/mol. The lowest BCUT2D eigenvalue weighted by atomic mass is 10.1. The molecular weight excluding hydrogens is 287 g/mol. The van der Waals surface area contributed by atoms with E-state index in [2.05, 4.69) is 9.88 Å². The Labute approximate surface area is 123 Å². The van der Waals surface area contributed by atoms with Gasteiger partial charge in [0, 0.05) is 25.2 Å². The molecule has 106 valence electrons. The van der Waals surface area contributed by atoms with Gasteiger partial charge in [0.1, 0.15) is 10.3 Å². The van der Waals surface area contributed by atoms with Crippen LogP contribution in [0.2, 0.25) is 10.3 Å². The van der Waals surface area contributed by atoms with Gasteiger partial charge in [-0.1, -0.05) is 29.3 Å². The minimum Gasteiger partial charge on any atom is -0.394 e. The predicted octanol–water partition coefficient (Wildman–Crippen LogP) is 2.36. The van der Waals surface area contributed by atoms with E-state index in [0.29, 0.717) is 16.9 Å². The van der Waals surface area contributed by atoms with Crippen LogP contribution in [0.1, 0.15) is 18.4 Å². The summed E-state index contributed by atoms with van der Waals surface area (Å²) in [4.78, 5) is 6.38. The molecule has 2 rings (SSSR count). The zero-order valence-corrected chi connectivity index (χ0v) is 12.2. The van der Waals surface area contributed by atoms with E-state index in [1.807, 2.05) is 6.07 Å². The lowest BCUT2D eigenvalue weighted by Crippen LogP contribution is -2.37. The van der Waals surface area contributed by atoms with E-state index in [4.69, 9.17) is 33.0 Å². The van der Waals surface area contributed by atoms with Crippen LogP contribution < -0.4 is 0 Å². The largest absolute Gasteiger partial charge is 0.394 e. The Morgan fingerprint density at radius 1 is 1.32 bits per heavy atom. The van der Waals surface area contributed by atoms with Crippen LogP contribution in [0.25, 0.3) is 0 Å². The number of aliphatic hydroxyl groups is 1. The molecule has 1 N–H and O–H groups in total. The fraction of sp³-hybridized carbons (Fsp3) is 0.615. The molecule has 1 fully saturated rings. The van der Waals surface area contributed by atoms with Gasteiger partial charge >= 0.3 is 0 Å². The molecular formula is C13H18Cl2N2O2. The summed E-state index contributed by atoms with van der Waals surface area (Å²) in [7, 11) is 0. The molecule has 0 bridgehead atoms. The molecule has 1 aromatic rings. The first-order valence-corrected chi connectivity index (χ1v) is 7.20. The Balaban J connectivity index is 1.82. The second kappa shape index (κ2) is 7.41. The zero-order chi connectivity index (χ0) is 13.7. The molecule has 0 saturated carbocycles. The molecule has 1 aliphatic rings. The molecule has 6 heteroatoms. The summed E-state index contributed by atoms with van der Waals surface area (Å²) >= 11 is 11.9. The van der Waals surface area contributed by atoms with Crippen molar-refractivity contribution in [3.8, 4) is 0 Å². The third-order valence-corrected chi connectivity index (χ3v) is 3.80. The summed E-state index contributed by atoms with van der Waals surface area (Å²) < 4.78 is 5.54. The highest BCUT2D eigenvalue weighted by Gasteiger charge is 2.20. The molecule has 2 heterocycles. The number of hydrogen-bond acceptors (Lipinski definition) is 4. The van der Waals surface area contributed by atoms with Crippen molar-refractivity contribution in [2.75, 3.05) is 26.3 Å². The molecule has 0 unspecified atom stereocenters. The third-order valence-electron chi connectivity index (χ3n) is 3.27. The smallest absolute Gasteiger partial charge is 0.135 e. The number of aromatic nitrogens is 1. The van der Waals surface area contributed by atoms with E-state index >= 15 is 0 Å². The number of nitrogens with zero attached hydrogens (tertiary/aromatic N) is 2. The number of ether oxygens (including phenoxy) is 1. The molecule has 19 heavy (non-hydrogen) atoms. The lowest BCUT2D eigenvalue weighted by Gasteiger charge is -2.31. The number of likely N-dealkylation sites (tertiary alicyclic amines) is 1. The maximum absolute atomic E-state index is 8.73. The van der Waals surface area contributed by atoms with Crippen molar-refractivity contribution in [1.82, 2.24) is 9.88 Å². The highest BCUT2D eigenvalue weighted by Crippen LogP contribution is 2.21. The van der Waals surface area contributed by atoms with Crippen LogP contribution in [-0.2, 0) is 11.3 Å². The van der Waals surface area contributed by atoms with Gasteiger partial charge in [0.25, 0.3) is 0 Å². The van der Waals surface area contributed by atoms with Crippen LogP contribution in [0.15, 0.2) is 12.1 Å². The Morgan fingerprint density at radius 3 is 2.68 bits per heavy atom. The van der Waals surface area contributed by atoms with Gasteiger partial charge in [-0.3, -0.25) is 4.90 Å². The van der Waals surface area contributed by atoms with Gasteiger partial charge in [-0.2, -0.15) is 0 Å². The van der Waals surface area contributed by atoms with Crippen molar-refractivity contribution < 1.29 is 9.84 Å². The number of aliphatic hydroxyl groups excluding tert-OH is 1. The topological polar surface area (TPSA) is 45.6 Å². The molecule has 0 spiro atoms. The number of pyridine rings is 1. The standard InChI is InChI=1S/C13H18Cl2N2O2/c14-12-2-1-10(13(15)16-12)9-17-5-3-11(4-6-17)19-8-7-18/h1-2,11,18H,3-9H2. The number of halogens is 2. The van der Waals surface area contributed by atoms with Crippen LogP contribution in [0.5, 0.6) is 0 Å². The SMILES string of the molecule is OCCOC1CCN(Cc2ccc(Cl)nc2Cl)CC1. The van der Waals surface area contributed by atoms with Gasteiger partial charge in [0.15, 0.2) is 0 Å². The van der Waals surface area contributed by atoms with Crippen molar-refractivity contribution in [1.29, 1.82) is 0 Å². The van der Waals surface area contributed by atoms with Gasteiger partial charge in [0.05, 0.1) is 19.3 Å². The van der Waals surface area contributed by atoms with Gasteiger partial charge < -0.3 is 9.84 Å². The Morgan fingerprint density at radius 2 is 2.05 bits per heavy atom. The molecule has 1 aromatic heterocycles. The van der Waals surface area contributed by atoms with E-state index in [1.54, 1.807) is 6.07 Å². The number of piperidine rings is 1. The second-order valence-corrected chi connectivity index (χ2v) is 5.40. The van der Waals surface area contributed by atoms with E-state index in [1.165, 1.54) is 0 Å². The lowest BCUT2D eigenvalue weighted by molar-refractivity contribution is -0.00902. The normalized spacial score (nSPS) is 17.8. The maximum Gasteiger partial charge on any atom is 0.135 e. The van der Waals surface area contributed by atoms with E-state index in [9.17, 15) is 0 Å². The van der Waals surface area contributed by atoms with Crippen molar-refractivity contribution >= 4 is 23.2 Å². The quantitative estimate of drug-likeness (QED) is 0.848. The van der Waals surface area contributed by atoms with Crippen LogP contribution in [0, 0.1) is 0 Å². The number of hydrogen-bond donors (Lipinski definition) is 1. The van der Waals surface area contributed by atoms with Gasteiger partial charge in [-0.15, -0.1) is 0 Å². The molecule has 1 aliphatic heterocycles.